The van der Waals surface area contributed by atoms with Crippen LogP contribution in [0, 0.1) is 6.92 Å². The number of aryl methyl sites for hydroxylation is 1. The third-order valence-corrected chi connectivity index (χ3v) is 6.39. The summed E-state index contributed by atoms with van der Waals surface area (Å²) in [7, 11) is 0. The predicted octanol–water partition coefficient (Wildman–Crippen LogP) is 3.51. The Bertz CT molecular complexity index is 1400. The lowest BCUT2D eigenvalue weighted by atomic mass is 9.95. The molecule has 0 saturated carbocycles. The molecule has 4 rings (SSSR count). The minimum absolute atomic E-state index is 0.204. The molecular weight excluding hydrogens is 436 g/mol. The minimum Gasteiger partial charge on any atom is -0.494 e. The van der Waals surface area contributed by atoms with Gasteiger partial charge in [-0.05, 0) is 45.4 Å². The lowest BCUT2D eigenvalue weighted by Crippen LogP contribution is -2.40. The highest BCUT2D eigenvalue weighted by atomic mass is 32.1. The van der Waals surface area contributed by atoms with E-state index in [2.05, 4.69) is 4.99 Å². The van der Waals surface area contributed by atoms with Gasteiger partial charge < -0.3 is 9.47 Å². The van der Waals surface area contributed by atoms with Crippen molar-refractivity contribution in [2.45, 2.75) is 33.7 Å². The zero-order valence-corrected chi connectivity index (χ0v) is 19.9. The largest absolute Gasteiger partial charge is 0.494 e. The lowest BCUT2D eigenvalue weighted by Gasteiger charge is -2.26. The number of carbonyl (C=O) groups excluding carboxylic acids is 1. The molecule has 6 nitrogen and oxygen atoms in total. The van der Waals surface area contributed by atoms with Crippen LogP contribution in [-0.2, 0) is 9.53 Å². The first-order chi connectivity index (χ1) is 15.9. The number of fused-ring (bicyclic) bond motifs is 1. The van der Waals surface area contributed by atoms with E-state index in [1.165, 1.54) is 11.3 Å². The first-order valence-corrected chi connectivity index (χ1v) is 11.7. The van der Waals surface area contributed by atoms with E-state index in [1.54, 1.807) is 18.4 Å². The summed E-state index contributed by atoms with van der Waals surface area (Å²) in [6.45, 7) is 8.15. The zero-order chi connectivity index (χ0) is 23.5. The maximum absolute atomic E-state index is 13.6. The fourth-order valence-corrected chi connectivity index (χ4v) is 4.94. The van der Waals surface area contributed by atoms with Crippen molar-refractivity contribution in [1.29, 1.82) is 0 Å². The molecule has 0 saturated heterocycles. The second kappa shape index (κ2) is 9.58. The highest BCUT2D eigenvalue weighted by Gasteiger charge is 2.34. The topological polar surface area (TPSA) is 69.9 Å². The lowest BCUT2D eigenvalue weighted by molar-refractivity contribution is -0.139. The van der Waals surface area contributed by atoms with Crippen LogP contribution in [0.15, 0.2) is 69.6 Å². The number of thiazole rings is 1. The van der Waals surface area contributed by atoms with Gasteiger partial charge in [0.15, 0.2) is 4.80 Å². The molecule has 1 aliphatic heterocycles. The molecule has 0 unspecified atom stereocenters. The second-order valence-electron chi connectivity index (χ2n) is 7.68. The number of hydrogen-bond donors (Lipinski definition) is 0. The monoisotopic (exact) mass is 462 g/mol. The number of benzene rings is 2. The SMILES string of the molecule is CCOC(=O)C1=C(C)N=c2sc(=Cc3ccc(C)cc3)c(=O)n2[C@H]1c1ccccc1OCC. The summed E-state index contributed by atoms with van der Waals surface area (Å²) in [5, 5.41) is 0. The van der Waals surface area contributed by atoms with E-state index in [4.69, 9.17) is 9.47 Å². The van der Waals surface area contributed by atoms with Gasteiger partial charge in [0.1, 0.15) is 11.8 Å². The van der Waals surface area contributed by atoms with E-state index in [1.807, 2.05) is 68.5 Å². The molecule has 7 heteroatoms. The third kappa shape index (κ3) is 4.41. The summed E-state index contributed by atoms with van der Waals surface area (Å²) >= 11 is 1.31. The Morgan fingerprint density at radius 2 is 1.82 bits per heavy atom. The summed E-state index contributed by atoms with van der Waals surface area (Å²) in [4.78, 5) is 31.8. The Balaban J connectivity index is 1.98. The van der Waals surface area contributed by atoms with Crippen molar-refractivity contribution in [1.82, 2.24) is 4.57 Å². The fourth-order valence-electron chi connectivity index (χ4n) is 3.89. The molecule has 33 heavy (non-hydrogen) atoms. The van der Waals surface area contributed by atoms with E-state index in [0.29, 0.717) is 33.0 Å². The number of para-hydroxylation sites is 1. The van der Waals surface area contributed by atoms with Crippen molar-refractivity contribution in [3.05, 3.63) is 96.2 Å². The summed E-state index contributed by atoms with van der Waals surface area (Å²) < 4.78 is 13.3. The number of nitrogens with zero attached hydrogens (tertiary/aromatic N) is 2. The van der Waals surface area contributed by atoms with Crippen LogP contribution in [-0.4, -0.2) is 23.8 Å². The molecule has 2 heterocycles. The molecular formula is C26H26N2O4S. The first-order valence-electron chi connectivity index (χ1n) is 10.9. The minimum atomic E-state index is -0.691. The maximum Gasteiger partial charge on any atom is 0.338 e. The van der Waals surface area contributed by atoms with E-state index in [9.17, 15) is 9.59 Å². The van der Waals surface area contributed by atoms with Gasteiger partial charge in [0.25, 0.3) is 5.56 Å². The number of allylic oxidation sites excluding steroid dienone is 1. The Morgan fingerprint density at radius 3 is 2.52 bits per heavy atom. The van der Waals surface area contributed by atoms with Crippen molar-refractivity contribution in [2.24, 2.45) is 4.99 Å². The number of esters is 1. The second-order valence-corrected chi connectivity index (χ2v) is 8.69. The van der Waals surface area contributed by atoms with Crippen molar-refractivity contribution < 1.29 is 14.3 Å². The van der Waals surface area contributed by atoms with Crippen LogP contribution in [0.4, 0.5) is 0 Å². The van der Waals surface area contributed by atoms with Gasteiger partial charge in [-0.25, -0.2) is 9.79 Å². The molecule has 0 fully saturated rings. The Kier molecular flexibility index (Phi) is 6.60. The van der Waals surface area contributed by atoms with Gasteiger partial charge >= 0.3 is 5.97 Å². The maximum atomic E-state index is 13.6. The highest BCUT2D eigenvalue weighted by Crippen LogP contribution is 2.35. The molecule has 0 spiro atoms. The van der Waals surface area contributed by atoms with Gasteiger partial charge in [-0.1, -0.05) is 59.4 Å². The van der Waals surface area contributed by atoms with E-state index in [0.717, 1.165) is 16.7 Å². The van der Waals surface area contributed by atoms with Crippen LogP contribution in [0.25, 0.3) is 6.08 Å². The van der Waals surface area contributed by atoms with Crippen molar-refractivity contribution in [3.8, 4) is 5.75 Å². The standard InChI is InChI=1S/C26H26N2O4S/c1-5-31-20-10-8-7-9-19(20)23-22(25(30)32-6-2)17(4)27-26-28(23)24(29)21(33-26)15-18-13-11-16(3)12-14-18/h7-15,23H,5-6H2,1-4H3/t23-/m0/s1. The molecule has 0 amide bonds. The summed E-state index contributed by atoms with van der Waals surface area (Å²) in [6, 6.07) is 14.7. The predicted molar refractivity (Wildman–Crippen MR) is 129 cm³/mol. The molecule has 0 radical (unpaired) electrons. The molecule has 0 aliphatic carbocycles. The van der Waals surface area contributed by atoms with Gasteiger partial charge in [0, 0.05) is 5.56 Å². The molecule has 170 valence electrons. The van der Waals surface area contributed by atoms with Crippen LogP contribution in [0.3, 0.4) is 0 Å². The van der Waals surface area contributed by atoms with Crippen LogP contribution < -0.4 is 19.6 Å². The average molecular weight is 463 g/mol. The van der Waals surface area contributed by atoms with E-state index >= 15 is 0 Å². The average Bonchev–Trinajstić information content (AvgIpc) is 3.10. The number of ether oxygens (including phenoxy) is 2. The molecule has 3 aromatic rings. The van der Waals surface area contributed by atoms with Crippen molar-refractivity contribution >= 4 is 23.4 Å². The van der Waals surface area contributed by atoms with Crippen LogP contribution >= 0.6 is 11.3 Å². The first kappa shape index (κ1) is 22.7. The van der Waals surface area contributed by atoms with Crippen LogP contribution in [0.2, 0.25) is 0 Å². The van der Waals surface area contributed by atoms with Gasteiger partial charge in [-0.2, -0.15) is 0 Å². The molecule has 0 N–H and O–H groups in total. The van der Waals surface area contributed by atoms with Crippen molar-refractivity contribution in [2.75, 3.05) is 13.2 Å². The van der Waals surface area contributed by atoms with Crippen molar-refractivity contribution in [3.63, 3.8) is 0 Å². The number of carbonyl (C=O) groups is 1. The summed E-state index contributed by atoms with van der Waals surface area (Å²) in [5.41, 5.74) is 3.48. The Morgan fingerprint density at radius 1 is 1.09 bits per heavy atom. The van der Waals surface area contributed by atoms with E-state index in [-0.39, 0.29) is 12.2 Å². The highest BCUT2D eigenvalue weighted by molar-refractivity contribution is 7.07. The smallest absolute Gasteiger partial charge is 0.338 e. The molecule has 0 bridgehead atoms. The van der Waals surface area contributed by atoms with Crippen LogP contribution in [0.1, 0.15) is 43.5 Å². The van der Waals surface area contributed by atoms with Gasteiger partial charge in [-0.3, -0.25) is 9.36 Å². The zero-order valence-electron chi connectivity index (χ0n) is 19.1. The van der Waals surface area contributed by atoms with Gasteiger partial charge in [-0.15, -0.1) is 0 Å². The number of hydrogen-bond acceptors (Lipinski definition) is 6. The van der Waals surface area contributed by atoms with Gasteiger partial charge in [0.2, 0.25) is 0 Å². The molecule has 1 aliphatic rings. The number of rotatable bonds is 6. The summed E-state index contributed by atoms with van der Waals surface area (Å²) in [5.74, 6) is 0.137. The van der Waals surface area contributed by atoms with E-state index < -0.39 is 12.0 Å². The molecule has 1 atom stereocenters. The van der Waals surface area contributed by atoms with Crippen LogP contribution in [0.5, 0.6) is 5.75 Å². The normalized spacial score (nSPS) is 15.8. The quantitative estimate of drug-likeness (QED) is 0.526. The molecule has 1 aromatic heterocycles. The molecule has 2 aromatic carbocycles. The summed E-state index contributed by atoms with van der Waals surface area (Å²) in [6.07, 6.45) is 1.86. The van der Waals surface area contributed by atoms with Gasteiger partial charge in [0.05, 0.1) is 29.0 Å². The Labute approximate surface area is 196 Å². The number of aromatic nitrogens is 1. The fraction of sp³-hybridized carbons (Fsp3) is 0.269. The Hall–Kier alpha value is -3.45. The third-order valence-electron chi connectivity index (χ3n) is 5.41.